The number of nitrogens with one attached hydrogen (secondary N) is 1. The molecule has 2 heteroatoms. The molecule has 1 aromatic rings. The molecule has 0 saturated carbocycles. The van der Waals surface area contributed by atoms with Crippen molar-refractivity contribution in [3.8, 4) is 0 Å². The summed E-state index contributed by atoms with van der Waals surface area (Å²) < 4.78 is 1.29. The first-order chi connectivity index (χ1) is 6.66. The summed E-state index contributed by atoms with van der Waals surface area (Å²) in [5.74, 6) is 0. The fourth-order valence-corrected chi connectivity index (χ4v) is 2.16. The molecule has 1 nitrogen and oxygen atoms in total. The molecule has 76 valence electrons. The largest absolute Gasteiger partial charge is 0.307 e. The minimum absolute atomic E-state index is 0.285. The lowest BCUT2D eigenvalue weighted by molar-refractivity contribution is 0.619. The Bertz CT molecular complexity index is 320. The summed E-state index contributed by atoms with van der Waals surface area (Å²) in [4.78, 5) is 0. The van der Waals surface area contributed by atoms with Crippen molar-refractivity contribution in [3.63, 3.8) is 0 Å². The molecule has 1 rings (SSSR count). The maximum atomic E-state index is 4.03. The van der Waals surface area contributed by atoms with E-state index in [0.717, 1.165) is 12.1 Å². The molecule has 0 radical (unpaired) electrons. The third kappa shape index (κ3) is 2.82. The van der Waals surface area contributed by atoms with Crippen molar-refractivity contribution in [2.24, 2.45) is 0 Å². The molecule has 0 aliphatic heterocycles. The molecule has 0 saturated heterocycles. The van der Waals surface area contributed by atoms with Gasteiger partial charge in [0, 0.05) is 3.57 Å². The van der Waals surface area contributed by atoms with Crippen LogP contribution in [0.1, 0.15) is 25.5 Å². The van der Waals surface area contributed by atoms with Gasteiger partial charge in [-0.05, 0) is 47.7 Å². The van der Waals surface area contributed by atoms with Crippen molar-refractivity contribution in [1.82, 2.24) is 5.32 Å². The fraction of sp³-hybridized carbons (Fsp3) is 0.333. The molecule has 0 spiro atoms. The van der Waals surface area contributed by atoms with Crippen LogP contribution in [0.4, 0.5) is 0 Å². The molecule has 1 N–H and O–H groups in total. The third-order valence-electron chi connectivity index (χ3n) is 2.12. The molecule has 0 aliphatic carbocycles. The second-order valence-electron chi connectivity index (χ2n) is 3.36. The van der Waals surface area contributed by atoms with Crippen LogP contribution in [0.2, 0.25) is 0 Å². The number of benzene rings is 1. The van der Waals surface area contributed by atoms with Gasteiger partial charge >= 0.3 is 0 Å². The van der Waals surface area contributed by atoms with Crippen molar-refractivity contribution in [2.75, 3.05) is 6.54 Å². The first-order valence-electron chi connectivity index (χ1n) is 4.80. The Kier molecular flexibility index (Phi) is 4.62. The van der Waals surface area contributed by atoms with Gasteiger partial charge in [-0.15, -0.1) is 0 Å². The molecule has 0 aliphatic rings. The van der Waals surface area contributed by atoms with E-state index in [2.05, 4.69) is 72.6 Å². The van der Waals surface area contributed by atoms with Gasteiger partial charge in [0.05, 0.1) is 6.04 Å². The summed E-state index contributed by atoms with van der Waals surface area (Å²) >= 11 is 2.37. The van der Waals surface area contributed by atoms with Crippen molar-refractivity contribution in [2.45, 2.75) is 19.9 Å². The van der Waals surface area contributed by atoms with Crippen LogP contribution < -0.4 is 5.32 Å². The van der Waals surface area contributed by atoms with Crippen LogP contribution in [0.3, 0.4) is 0 Å². The molecule has 0 aromatic heterocycles. The summed E-state index contributed by atoms with van der Waals surface area (Å²) in [6.07, 6.45) is 0. The van der Waals surface area contributed by atoms with Crippen LogP contribution in [0.5, 0.6) is 0 Å². The second-order valence-corrected chi connectivity index (χ2v) is 4.52. The summed E-state index contributed by atoms with van der Waals surface area (Å²) in [6, 6.07) is 8.71. The molecular weight excluding hydrogens is 285 g/mol. The van der Waals surface area contributed by atoms with E-state index in [0.29, 0.717) is 0 Å². The predicted octanol–water partition coefficient (Wildman–Crippen LogP) is 3.52. The Morgan fingerprint density at radius 1 is 1.50 bits per heavy atom. The van der Waals surface area contributed by atoms with Crippen LogP contribution in [0.15, 0.2) is 36.4 Å². The standard InChI is InChI=1S/C12H16IN/c1-4-14-12(9(2)3)10-7-5-6-8-11(10)13/h5-8,12,14H,2,4H2,1,3H3. The van der Waals surface area contributed by atoms with Gasteiger partial charge in [0.25, 0.3) is 0 Å². The molecule has 1 unspecified atom stereocenters. The van der Waals surface area contributed by atoms with Crippen LogP contribution in [0.25, 0.3) is 0 Å². The van der Waals surface area contributed by atoms with E-state index in [-0.39, 0.29) is 6.04 Å². The molecular formula is C12H16IN. The zero-order chi connectivity index (χ0) is 10.6. The van der Waals surface area contributed by atoms with E-state index in [1.807, 2.05) is 0 Å². The number of hydrogen-bond donors (Lipinski definition) is 1. The highest BCUT2D eigenvalue weighted by atomic mass is 127. The van der Waals surface area contributed by atoms with E-state index in [9.17, 15) is 0 Å². The first-order valence-corrected chi connectivity index (χ1v) is 5.88. The predicted molar refractivity (Wildman–Crippen MR) is 70.4 cm³/mol. The molecule has 0 fully saturated rings. The Morgan fingerprint density at radius 2 is 2.14 bits per heavy atom. The van der Waals surface area contributed by atoms with E-state index in [1.54, 1.807) is 0 Å². The SMILES string of the molecule is C=C(C)C(NCC)c1ccccc1I. The molecule has 0 heterocycles. The van der Waals surface area contributed by atoms with Crippen LogP contribution >= 0.6 is 22.6 Å². The molecule has 0 bridgehead atoms. The van der Waals surface area contributed by atoms with Crippen molar-refractivity contribution in [1.29, 1.82) is 0 Å². The smallest absolute Gasteiger partial charge is 0.0541 e. The second kappa shape index (κ2) is 5.51. The summed E-state index contributed by atoms with van der Waals surface area (Å²) in [5, 5.41) is 3.43. The monoisotopic (exact) mass is 301 g/mol. The highest BCUT2D eigenvalue weighted by Gasteiger charge is 2.12. The van der Waals surface area contributed by atoms with Crippen molar-refractivity contribution >= 4 is 22.6 Å². The van der Waals surface area contributed by atoms with Crippen LogP contribution in [-0.4, -0.2) is 6.54 Å². The highest BCUT2D eigenvalue weighted by Crippen LogP contribution is 2.24. The van der Waals surface area contributed by atoms with Gasteiger partial charge in [-0.2, -0.15) is 0 Å². The normalized spacial score (nSPS) is 12.5. The third-order valence-corrected chi connectivity index (χ3v) is 3.10. The van der Waals surface area contributed by atoms with Gasteiger partial charge in [0.1, 0.15) is 0 Å². The zero-order valence-electron chi connectivity index (χ0n) is 8.68. The summed E-state index contributed by atoms with van der Waals surface area (Å²) in [6.45, 7) is 9.17. The van der Waals surface area contributed by atoms with Crippen LogP contribution in [0, 0.1) is 3.57 Å². The molecule has 1 aromatic carbocycles. The van der Waals surface area contributed by atoms with Gasteiger partial charge in [-0.1, -0.05) is 37.3 Å². The lowest BCUT2D eigenvalue weighted by Crippen LogP contribution is -2.22. The van der Waals surface area contributed by atoms with Gasteiger partial charge in [-0.25, -0.2) is 0 Å². The Labute approximate surface area is 99.7 Å². The fourth-order valence-electron chi connectivity index (χ4n) is 1.46. The van der Waals surface area contributed by atoms with E-state index in [1.165, 1.54) is 9.13 Å². The van der Waals surface area contributed by atoms with E-state index >= 15 is 0 Å². The molecule has 14 heavy (non-hydrogen) atoms. The lowest BCUT2D eigenvalue weighted by Gasteiger charge is -2.19. The highest BCUT2D eigenvalue weighted by molar-refractivity contribution is 14.1. The Balaban J connectivity index is 2.99. The minimum Gasteiger partial charge on any atom is -0.307 e. The van der Waals surface area contributed by atoms with Crippen molar-refractivity contribution < 1.29 is 0 Å². The molecule has 1 atom stereocenters. The van der Waals surface area contributed by atoms with Crippen LogP contribution in [-0.2, 0) is 0 Å². The zero-order valence-corrected chi connectivity index (χ0v) is 10.8. The Morgan fingerprint density at radius 3 is 2.64 bits per heavy atom. The first kappa shape index (κ1) is 11.7. The quantitative estimate of drug-likeness (QED) is 0.663. The van der Waals surface area contributed by atoms with Gasteiger partial charge in [0.2, 0.25) is 0 Å². The number of likely N-dealkylation sites (N-methyl/N-ethyl adjacent to an activating group) is 1. The number of hydrogen-bond acceptors (Lipinski definition) is 1. The Hall–Kier alpha value is -0.350. The topological polar surface area (TPSA) is 12.0 Å². The van der Waals surface area contributed by atoms with Gasteiger partial charge in [0.15, 0.2) is 0 Å². The molecule has 0 amide bonds. The van der Waals surface area contributed by atoms with E-state index < -0.39 is 0 Å². The lowest BCUT2D eigenvalue weighted by atomic mass is 10.0. The summed E-state index contributed by atoms with van der Waals surface area (Å²) in [7, 11) is 0. The minimum atomic E-state index is 0.285. The van der Waals surface area contributed by atoms with Gasteiger partial charge < -0.3 is 5.32 Å². The maximum absolute atomic E-state index is 4.03. The summed E-state index contributed by atoms with van der Waals surface area (Å²) in [5.41, 5.74) is 2.48. The van der Waals surface area contributed by atoms with Crippen molar-refractivity contribution in [3.05, 3.63) is 45.6 Å². The van der Waals surface area contributed by atoms with E-state index in [4.69, 9.17) is 0 Å². The van der Waals surface area contributed by atoms with Gasteiger partial charge in [-0.3, -0.25) is 0 Å². The average molecular weight is 301 g/mol. The average Bonchev–Trinajstić information content (AvgIpc) is 2.15. The number of halogens is 1. The number of rotatable bonds is 4. The maximum Gasteiger partial charge on any atom is 0.0541 e.